The standard InChI is InChI=1S/C15H29N3O/c1-11-4-3-5-14(12(11)2)17-15(19)10-18-7-6-13(8-16)9-18/h11-14H,3-10,16H2,1-2H3,(H,17,19). The molecule has 1 heterocycles. The summed E-state index contributed by atoms with van der Waals surface area (Å²) in [7, 11) is 0. The Morgan fingerprint density at radius 2 is 2.11 bits per heavy atom. The monoisotopic (exact) mass is 267 g/mol. The summed E-state index contributed by atoms with van der Waals surface area (Å²) in [6.07, 6.45) is 4.83. The average molecular weight is 267 g/mol. The van der Waals surface area contributed by atoms with Crippen molar-refractivity contribution in [2.24, 2.45) is 23.5 Å². The smallest absolute Gasteiger partial charge is 0.234 e. The lowest BCUT2D eigenvalue weighted by molar-refractivity contribution is -0.123. The molecule has 0 aromatic heterocycles. The van der Waals surface area contributed by atoms with Crippen molar-refractivity contribution in [3.8, 4) is 0 Å². The molecular weight excluding hydrogens is 238 g/mol. The zero-order valence-corrected chi connectivity index (χ0v) is 12.4. The van der Waals surface area contributed by atoms with Crippen LogP contribution in [0.15, 0.2) is 0 Å². The number of amides is 1. The number of nitrogens with two attached hydrogens (primary N) is 1. The fourth-order valence-electron chi connectivity index (χ4n) is 3.49. The third kappa shape index (κ3) is 3.93. The molecule has 1 saturated heterocycles. The van der Waals surface area contributed by atoms with Crippen molar-refractivity contribution >= 4 is 5.91 Å². The Hall–Kier alpha value is -0.610. The Kier molecular flexibility index (Phi) is 5.22. The molecule has 1 aliphatic carbocycles. The summed E-state index contributed by atoms with van der Waals surface area (Å²) in [6, 6.07) is 0.379. The van der Waals surface area contributed by atoms with Crippen molar-refractivity contribution in [2.75, 3.05) is 26.2 Å². The fraction of sp³-hybridized carbons (Fsp3) is 0.933. The number of likely N-dealkylation sites (tertiary alicyclic amines) is 1. The van der Waals surface area contributed by atoms with Crippen LogP contribution in [-0.4, -0.2) is 43.0 Å². The van der Waals surface area contributed by atoms with Gasteiger partial charge in [-0.2, -0.15) is 0 Å². The van der Waals surface area contributed by atoms with Crippen LogP contribution in [0.5, 0.6) is 0 Å². The van der Waals surface area contributed by atoms with E-state index in [-0.39, 0.29) is 5.91 Å². The van der Waals surface area contributed by atoms with Gasteiger partial charge in [0.2, 0.25) is 5.91 Å². The van der Waals surface area contributed by atoms with E-state index in [2.05, 4.69) is 24.1 Å². The minimum atomic E-state index is 0.198. The molecule has 1 amide bonds. The minimum absolute atomic E-state index is 0.198. The molecule has 0 radical (unpaired) electrons. The van der Waals surface area contributed by atoms with Gasteiger partial charge in [-0.3, -0.25) is 9.69 Å². The van der Waals surface area contributed by atoms with Gasteiger partial charge in [-0.25, -0.2) is 0 Å². The van der Waals surface area contributed by atoms with Gasteiger partial charge >= 0.3 is 0 Å². The van der Waals surface area contributed by atoms with Crippen LogP contribution in [0, 0.1) is 17.8 Å². The van der Waals surface area contributed by atoms with Crippen molar-refractivity contribution < 1.29 is 4.79 Å². The van der Waals surface area contributed by atoms with Gasteiger partial charge in [0.25, 0.3) is 0 Å². The average Bonchev–Trinajstić information content (AvgIpc) is 2.82. The van der Waals surface area contributed by atoms with Crippen LogP contribution in [-0.2, 0) is 4.79 Å². The van der Waals surface area contributed by atoms with Crippen LogP contribution in [0.2, 0.25) is 0 Å². The molecule has 4 atom stereocenters. The van der Waals surface area contributed by atoms with E-state index in [1.807, 2.05) is 0 Å². The largest absolute Gasteiger partial charge is 0.352 e. The van der Waals surface area contributed by atoms with Crippen molar-refractivity contribution in [3.63, 3.8) is 0 Å². The van der Waals surface area contributed by atoms with Gasteiger partial charge in [0.15, 0.2) is 0 Å². The lowest BCUT2D eigenvalue weighted by Crippen LogP contribution is -2.47. The molecule has 110 valence electrons. The van der Waals surface area contributed by atoms with E-state index in [9.17, 15) is 4.79 Å². The maximum absolute atomic E-state index is 12.1. The van der Waals surface area contributed by atoms with Gasteiger partial charge in [0.1, 0.15) is 0 Å². The highest BCUT2D eigenvalue weighted by atomic mass is 16.2. The predicted molar refractivity (Wildman–Crippen MR) is 77.7 cm³/mol. The molecule has 4 heteroatoms. The Balaban J connectivity index is 1.75. The van der Waals surface area contributed by atoms with E-state index >= 15 is 0 Å². The Morgan fingerprint density at radius 1 is 1.32 bits per heavy atom. The molecule has 2 aliphatic rings. The molecule has 1 saturated carbocycles. The quantitative estimate of drug-likeness (QED) is 0.805. The second-order valence-corrected chi connectivity index (χ2v) is 6.57. The zero-order chi connectivity index (χ0) is 13.8. The first kappa shape index (κ1) is 14.8. The third-order valence-electron chi connectivity index (χ3n) is 5.12. The van der Waals surface area contributed by atoms with E-state index in [4.69, 9.17) is 5.73 Å². The van der Waals surface area contributed by atoms with E-state index in [1.165, 1.54) is 12.8 Å². The number of carbonyl (C=O) groups excluding carboxylic acids is 1. The molecular formula is C15H29N3O. The summed E-state index contributed by atoms with van der Waals surface area (Å²) < 4.78 is 0. The molecule has 0 aromatic rings. The van der Waals surface area contributed by atoms with Crippen LogP contribution in [0.4, 0.5) is 0 Å². The van der Waals surface area contributed by atoms with E-state index in [1.54, 1.807) is 0 Å². The molecule has 2 fully saturated rings. The number of rotatable bonds is 4. The highest BCUT2D eigenvalue weighted by Gasteiger charge is 2.29. The number of hydrogen-bond acceptors (Lipinski definition) is 3. The van der Waals surface area contributed by atoms with Gasteiger partial charge in [0.05, 0.1) is 6.54 Å². The summed E-state index contributed by atoms with van der Waals surface area (Å²) in [6.45, 7) is 7.88. The van der Waals surface area contributed by atoms with Crippen molar-refractivity contribution in [3.05, 3.63) is 0 Å². The third-order valence-corrected chi connectivity index (χ3v) is 5.12. The maximum atomic E-state index is 12.1. The first-order chi connectivity index (χ1) is 9.10. The second kappa shape index (κ2) is 6.71. The number of hydrogen-bond donors (Lipinski definition) is 2. The second-order valence-electron chi connectivity index (χ2n) is 6.57. The van der Waals surface area contributed by atoms with Gasteiger partial charge in [-0.1, -0.05) is 26.7 Å². The lowest BCUT2D eigenvalue weighted by Gasteiger charge is -2.35. The van der Waals surface area contributed by atoms with E-state index in [0.717, 1.165) is 38.4 Å². The van der Waals surface area contributed by atoms with E-state index in [0.29, 0.717) is 24.4 Å². The lowest BCUT2D eigenvalue weighted by atomic mass is 9.78. The minimum Gasteiger partial charge on any atom is -0.352 e. The summed E-state index contributed by atoms with van der Waals surface area (Å²) in [5, 5.41) is 3.25. The maximum Gasteiger partial charge on any atom is 0.234 e. The Bertz CT molecular complexity index is 308. The molecule has 2 rings (SSSR count). The first-order valence-electron chi connectivity index (χ1n) is 7.82. The van der Waals surface area contributed by atoms with Crippen LogP contribution >= 0.6 is 0 Å². The van der Waals surface area contributed by atoms with Crippen LogP contribution in [0.3, 0.4) is 0 Å². The topological polar surface area (TPSA) is 58.4 Å². The van der Waals surface area contributed by atoms with Crippen LogP contribution in [0.1, 0.15) is 39.5 Å². The Labute approximate surface area is 117 Å². The first-order valence-corrected chi connectivity index (χ1v) is 7.82. The summed E-state index contributed by atoms with van der Waals surface area (Å²) in [5.41, 5.74) is 5.68. The number of carbonyl (C=O) groups is 1. The van der Waals surface area contributed by atoms with Crippen molar-refractivity contribution in [1.29, 1.82) is 0 Å². The number of nitrogens with one attached hydrogen (secondary N) is 1. The molecule has 3 N–H and O–H groups in total. The molecule has 4 nitrogen and oxygen atoms in total. The molecule has 4 unspecified atom stereocenters. The van der Waals surface area contributed by atoms with Gasteiger partial charge in [0, 0.05) is 12.6 Å². The van der Waals surface area contributed by atoms with Crippen LogP contribution in [0.25, 0.3) is 0 Å². The highest BCUT2D eigenvalue weighted by molar-refractivity contribution is 5.78. The molecule has 0 aromatic carbocycles. The number of nitrogens with zero attached hydrogens (tertiary/aromatic N) is 1. The SMILES string of the molecule is CC1CCCC(NC(=O)CN2CCC(CN)C2)C1C. The summed E-state index contributed by atoms with van der Waals surface area (Å²) in [4.78, 5) is 14.4. The molecule has 1 aliphatic heterocycles. The van der Waals surface area contributed by atoms with Gasteiger partial charge < -0.3 is 11.1 Å². The Morgan fingerprint density at radius 3 is 2.79 bits per heavy atom. The van der Waals surface area contributed by atoms with Gasteiger partial charge in [-0.05, 0) is 43.7 Å². The summed E-state index contributed by atoms with van der Waals surface area (Å²) in [5.74, 6) is 2.12. The normalized spacial score (nSPS) is 36.4. The summed E-state index contributed by atoms with van der Waals surface area (Å²) >= 11 is 0. The van der Waals surface area contributed by atoms with E-state index < -0.39 is 0 Å². The fourth-order valence-corrected chi connectivity index (χ4v) is 3.49. The van der Waals surface area contributed by atoms with Crippen molar-refractivity contribution in [2.45, 2.75) is 45.6 Å². The van der Waals surface area contributed by atoms with Crippen LogP contribution < -0.4 is 11.1 Å². The van der Waals surface area contributed by atoms with Gasteiger partial charge in [-0.15, -0.1) is 0 Å². The molecule has 0 bridgehead atoms. The van der Waals surface area contributed by atoms with Crippen molar-refractivity contribution in [1.82, 2.24) is 10.2 Å². The predicted octanol–water partition coefficient (Wildman–Crippen LogP) is 1.21. The zero-order valence-electron chi connectivity index (χ0n) is 12.4. The molecule has 0 spiro atoms. The highest BCUT2D eigenvalue weighted by Crippen LogP contribution is 2.29. The molecule has 19 heavy (non-hydrogen) atoms.